The Kier molecular flexibility index (Phi) is 22.2. The van der Waals surface area contributed by atoms with Crippen molar-refractivity contribution in [2.24, 2.45) is 11.8 Å². The first-order valence-electron chi connectivity index (χ1n) is 25.5. The number of hydrogen-bond donors (Lipinski definition) is 0. The Morgan fingerprint density at radius 2 is 1.15 bits per heavy atom. The molecule has 0 atom stereocenters. The van der Waals surface area contributed by atoms with Crippen LogP contribution in [-0.4, -0.2) is 108 Å². The van der Waals surface area contributed by atoms with Gasteiger partial charge in [-0.25, -0.2) is 19.9 Å². The largest absolute Gasteiger partial charge is 0.500 e. The highest BCUT2D eigenvalue weighted by Crippen LogP contribution is 2.39. The van der Waals surface area contributed by atoms with Gasteiger partial charge in [-0.15, -0.1) is 23.5 Å². The van der Waals surface area contributed by atoms with E-state index in [1.807, 2.05) is 129 Å². The van der Waals surface area contributed by atoms with Crippen LogP contribution in [0.25, 0.3) is 33.3 Å². The molecule has 0 radical (unpaired) electrons. The highest BCUT2D eigenvalue weighted by molar-refractivity contribution is 9.10. The van der Waals surface area contributed by atoms with Gasteiger partial charge in [0.1, 0.15) is 26.7 Å². The fourth-order valence-electron chi connectivity index (χ4n) is 7.37. The van der Waals surface area contributed by atoms with Gasteiger partial charge in [-0.05, 0) is 141 Å². The molecule has 1 aliphatic heterocycles. The highest BCUT2D eigenvalue weighted by Gasteiger charge is 2.52. The van der Waals surface area contributed by atoms with Crippen molar-refractivity contribution in [3.8, 4) is 23.0 Å². The summed E-state index contributed by atoms with van der Waals surface area (Å²) in [5, 5.41) is 9.35. The summed E-state index contributed by atoms with van der Waals surface area (Å²) in [6, 6.07) is 12.1. The van der Waals surface area contributed by atoms with Crippen molar-refractivity contribution in [3.63, 3.8) is 0 Å². The molecule has 20 heteroatoms. The summed E-state index contributed by atoms with van der Waals surface area (Å²) in [6.45, 7) is 34.5. The van der Waals surface area contributed by atoms with Crippen LogP contribution in [-0.2, 0) is 28.4 Å². The van der Waals surface area contributed by atoms with Gasteiger partial charge in [0.15, 0.2) is 0 Å². The van der Waals surface area contributed by atoms with Crippen molar-refractivity contribution < 1.29 is 37.8 Å². The molecule has 0 N–H and O–H groups in total. The monoisotopic (exact) mass is 1120 g/mol. The molecule has 0 spiro atoms. The van der Waals surface area contributed by atoms with Gasteiger partial charge in [-0.2, -0.15) is 10.2 Å². The Balaban J connectivity index is 0.000000214. The van der Waals surface area contributed by atoms with Crippen molar-refractivity contribution >= 4 is 86.0 Å². The van der Waals surface area contributed by atoms with E-state index in [-0.39, 0.29) is 35.2 Å². The number of fused-ring (bicyclic) bond motifs is 2. The van der Waals surface area contributed by atoms with Crippen LogP contribution in [0, 0.1) is 25.7 Å². The normalized spacial score (nSPS) is 13.9. The van der Waals surface area contributed by atoms with Gasteiger partial charge in [-0.3, -0.25) is 19.0 Å². The predicted molar refractivity (Wildman–Crippen MR) is 301 cm³/mol. The molecular formula is C54H76BBrN8O8S2. The van der Waals surface area contributed by atoms with E-state index in [0.29, 0.717) is 74.4 Å². The minimum atomic E-state index is -0.426. The summed E-state index contributed by atoms with van der Waals surface area (Å²) < 4.78 is 38.6. The van der Waals surface area contributed by atoms with Crippen molar-refractivity contribution in [3.05, 3.63) is 64.8 Å². The minimum Gasteiger partial charge on any atom is -0.478 e. The third-order valence-corrected chi connectivity index (χ3v) is 14.2. The van der Waals surface area contributed by atoms with E-state index >= 15 is 0 Å². The topological polar surface area (TPSA) is 177 Å². The molecule has 0 aliphatic carbocycles. The molecule has 7 heterocycles. The Bertz CT molecular complexity index is 2800. The molecule has 0 unspecified atom stereocenters. The lowest BCUT2D eigenvalue weighted by Crippen LogP contribution is -2.41. The number of aryl methyl sites for hydroxylation is 2. The number of carbonyl (C=O) groups is 2. The summed E-state index contributed by atoms with van der Waals surface area (Å²) in [5.74, 6) is 2.80. The second kappa shape index (κ2) is 27.3. The molecule has 6 aromatic rings. The van der Waals surface area contributed by atoms with Gasteiger partial charge in [0, 0.05) is 51.2 Å². The number of ether oxygens (including phenoxy) is 4. The van der Waals surface area contributed by atoms with Crippen LogP contribution in [0.4, 0.5) is 0 Å². The molecule has 74 heavy (non-hydrogen) atoms. The predicted octanol–water partition coefficient (Wildman–Crippen LogP) is 12.0. The van der Waals surface area contributed by atoms with Crippen molar-refractivity contribution in [2.45, 2.75) is 157 Å². The zero-order chi connectivity index (χ0) is 54.5. The van der Waals surface area contributed by atoms with E-state index in [2.05, 4.69) is 63.7 Å². The Morgan fingerprint density at radius 3 is 1.64 bits per heavy atom. The highest BCUT2D eigenvalue weighted by atomic mass is 79.9. The molecule has 0 aromatic carbocycles. The maximum absolute atomic E-state index is 12.1. The zero-order valence-corrected chi connectivity index (χ0v) is 49.4. The first-order valence-corrected chi connectivity index (χ1v) is 28.3. The number of hydrogen-bond acceptors (Lipinski definition) is 16. The molecule has 0 saturated carbocycles. The first kappa shape index (κ1) is 60.1. The van der Waals surface area contributed by atoms with Crippen molar-refractivity contribution in [2.75, 3.05) is 37.9 Å². The van der Waals surface area contributed by atoms with Crippen LogP contribution >= 0.6 is 39.5 Å². The Labute approximate surface area is 455 Å². The molecule has 402 valence electrons. The van der Waals surface area contributed by atoms with Gasteiger partial charge in [0.25, 0.3) is 0 Å². The molecule has 16 nitrogen and oxygen atoms in total. The quantitative estimate of drug-likeness (QED) is 0.0305. The Morgan fingerprint density at radius 1 is 0.689 bits per heavy atom. The summed E-state index contributed by atoms with van der Waals surface area (Å²) in [5.41, 5.74) is 7.34. The number of halogens is 1. The summed E-state index contributed by atoms with van der Waals surface area (Å²) in [6.07, 6.45) is 4.17. The minimum absolute atomic E-state index is 0.144. The van der Waals surface area contributed by atoms with Crippen LogP contribution in [0.15, 0.2) is 63.2 Å². The van der Waals surface area contributed by atoms with Crippen molar-refractivity contribution in [1.29, 1.82) is 0 Å². The number of carbonyl (C=O) groups excluding carboxylic acids is 2. The summed E-state index contributed by atoms with van der Waals surface area (Å²) >= 11 is 6.73. The average molecular weight is 1120 g/mol. The molecule has 7 rings (SSSR count). The molecule has 1 saturated heterocycles. The molecule has 0 bridgehead atoms. The fourth-order valence-corrected chi connectivity index (χ4v) is 9.95. The van der Waals surface area contributed by atoms with Crippen LogP contribution < -0.4 is 14.9 Å². The van der Waals surface area contributed by atoms with Crippen LogP contribution in [0.5, 0.6) is 11.8 Å². The number of aromatic nitrogens is 8. The molecule has 0 amide bonds. The smallest absolute Gasteiger partial charge is 0.478 e. The standard InChI is InChI=1S/C24H32N4O3S.C17H24BrN3O2S.C13H20BNO3/c1-7-30-24-18(9-8-11-25-24)19-13-20(32-12-10-21(29)31-14-15(2)3)23-22(26-19)17(6)27-28(23)16(4)5;1-10(2)9-23-15(22)6-7-24-13-8-14(18)19-16-12(5)20-21(11(3)4)17(13)16;1-6-16-11-10(8-7-9-15-11)14-17-12(2,3)13(4,5)18-14/h8-9,11,13,15-16H,7,10,12,14H2,1-6H3;8,10-11H,6-7,9H2,1-5H3;7-9H,6H2,1-5H3. The van der Waals surface area contributed by atoms with E-state index in [1.54, 1.807) is 35.9 Å². The average Bonchev–Trinajstić information content (AvgIpc) is 3.94. The number of pyridine rings is 4. The Hall–Kier alpha value is -4.76. The number of esters is 2. The third kappa shape index (κ3) is 15.9. The van der Waals surface area contributed by atoms with E-state index in [9.17, 15) is 9.59 Å². The number of rotatable bonds is 20. The lowest BCUT2D eigenvalue weighted by Gasteiger charge is -2.32. The maximum atomic E-state index is 12.1. The van der Waals surface area contributed by atoms with Gasteiger partial charge in [0.2, 0.25) is 11.8 Å². The van der Waals surface area contributed by atoms with Crippen LogP contribution in [0.1, 0.15) is 133 Å². The summed E-state index contributed by atoms with van der Waals surface area (Å²) in [7, 11) is -0.426. The fraction of sp³-hybridized carbons (Fsp3) is 0.556. The van der Waals surface area contributed by atoms with E-state index in [0.717, 1.165) is 64.6 Å². The summed E-state index contributed by atoms with van der Waals surface area (Å²) in [4.78, 5) is 44.1. The van der Waals surface area contributed by atoms with Gasteiger partial charge < -0.3 is 28.3 Å². The maximum Gasteiger partial charge on any atom is 0.500 e. The molecule has 1 fully saturated rings. The number of nitrogens with zero attached hydrogens (tertiary/aromatic N) is 8. The molecule has 1 aliphatic rings. The van der Waals surface area contributed by atoms with E-state index in [4.69, 9.17) is 38.3 Å². The lowest BCUT2D eigenvalue weighted by molar-refractivity contribution is -0.145. The van der Waals surface area contributed by atoms with Gasteiger partial charge >= 0.3 is 19.1 Å². The first-order chi connectivity index (χ1) is 35.0. The van der Waals surface area contributed by atoms with Crippen LogP contribution in [0.3, 0.4) is 0 Å². The van der Waals surface area contributed by atoms with Crippen molar-refractivity contribution in [1.82, 2.24) is 39.5 Å². The lowest BCUT2D eigenvalue weighted by atomic mass is 9.80. The SMILES string of the molecule is CCOc1ncccc1-c1cc(SCCC(=O)OCC(C)C)c2c(n1)c(C)nn2C(C)C.CCOc1ncccc1B1OC(C)(C)C(C)(C)O1.Cc1nn(C(C)C)c2c(SCCC(=O)OCC(C)C)cc(Br)nc12. The van der Waals surface area contributed by atoms with Gasteiger partial charge in [0.05, 0.1) is 73.1 Å². The van der Waals surface area contributed by atoms with E-state index < -0.39 is 7.12 Å². The third-order valence-electron chi connectivity index (χ3n) is 11.7. The number of thioether (sulfide) groups is 2. The zero-order valence-electron chi connectivity index (χ0n) is 46.2. The molecular weight excluding hydrogens is 1040 g/mol. The van der Waals surface area contributed by atoms with Gasteiger partial charge in [-0.1, -0.05) is 33.8 Å². The second-order valence-corrected chi connectivity index (χ2v) is 23.2. The second-order valence-electron chi connectivity index (χ2n) is 20.1. The van der Waals surface area contributed by atoms with Crippen LogP contribution in [0.2, 0.25) is 0 Å². The van der Waals surface area contributed by atoms with E-state index in [1.165, 1.54) is 0 Å². The molecule has 6 aromatic heterocycles.